The summed E-state index contributed by atoms with van der Waals surface area (Å²) in [5, 5.41) is 14.3. The van der Waals surface area contributed by atoms with Crippen LogP contribution in [-0.4, -0.2) is 25.6 Å². The van der Waals surface area contributed by atoms with Crippen molar-refractivity contribution in [2.75, 3.05) is 11.6 Å². The van der Waals surface area contributed by atoms with Crippen LogP contribution >= 0.6 is 0 Å². The summed E-state index contributed by atoms with van der Waals surface area (Å²) in [4.78, 5) is 10.1. The van der Waals surface area contributed by atoms with E-state index in [2.05, 4.69) is 12.2 Å². The molecule has 0 heterocycles. The largest absolute Gasteiger partial charge is 0.382 e. The number of nitrogens with one attached hydrogen (secondary N) is 1. The van der Waals surface area contributed by atoms with Gasteiger partial charge in [-0.1, -0.05) is 26.2 Å². The molecule has 0 aromatic heterocycles. The standard InChI is InChI=1S/C15H22N2O4S/c1-3-11-5-4-6-12(9-11)16-13-7-8-14(17(18)19)15(10-13)22(2,20)21/h7-8,10-12,16H,3-6,9H2,1-2H3. The lowest BCUT2D eigenvalue weighted by Crippen LogP contribution is -2.27. The third-order valence-corrected chi connectivity index (χ3v) is 5.41. The van der Waals surface area contributed by atoms with Crippen LogP contribution in [0.2, 0.25) is 0 Å². The molecule has 0 radical (unpaired) electrons. The van der Waals surface area contributed by atoms with E-state index in [1.54, 1.807) is 6.07 Å². The molecule has 0 saturated heterocycles. The minimum atomic E-state index is -3.64. The van der Waals surface area contributed by atoms with Crippen LogP contribution in [0.3, 0.4) is 0 Å². The molecule has 22 heavy (non-hydrogen) atoms. The molecule has 0 amide bonds. The first-order chi connectivity index (χ1) is 10.3. The number of nitrogens with zero attached hydrogens (tertiary/aromatic N) is 1. The van der Waals surface area contributed by atoms with Crippen LogP contribution in [0.15, 0.2) is 23.1 Å². The van der Waals surface area contributed by atoms with Crippen molar-refractivity contribution in [3.8, 4) is 0 Å². The Bertz CT molecular complexity index is 658. The first-order valence-electron chi connectivity index (χ1n) is 7.56. The Balaban J connectivity index is 2.24. The molecule has 2 unspecified atom stereocenters. The molecule has 1 aliphatic carbocycles. The van der Waals surface area contributed by atoms with Gasteiger partial charge in [-0.3, -0.25) is 10.1 Å². The van der Waals surface area contributed by atoms with E-state index in [-0.39, 0.29) is 10.6 Å². The van der Waals surface area contributed by atoms with E-state index >= 15 is 0 Å². The van der Waals surface area contributed by atoms with Crippen LogP contribution in [-0.2, 0) is 9.84 Å². The molecular weight excluding hydrogens is 304 g/mol. The molecule has 0 spiro atoms. The van der Waals surface area contributed by atoms with Gasteiger partial charge in [-0.15, -0.1) is 0 Å². The van der Waals surface area contributed by atoms with E-state index in [9.17, 15) is 18.5 Å². The van der Waals surface area contributed by atoms with Gasteiger partial charge in [0.25, 0.3) is 5.69 Å². The fourth-order valence-corrected chi connectivity index (χ4v) is 3.94. The Morgan fingerprint density at radius 2 is 2.09 bits per heavy atom. The zero-order valence-corrected chi connectivity index (χ0v) is 13.7. The molecule has 1 aromatic rings. The predicted molar refractivity (Wildman–Crippen MR) is 85.9 cm³/mol. The van der Waals surface area contributed by atoms with Crippen LogP contribution in [0.25, 0.3) is 0 Å². The fraction of sp³-hybridized carbons (Fsp3) is 0.600. The second kappa shape index (κ2) is 6.64. The van der Waals surface area contributed by atoms with Crippen LogP contribution in [0.1, 0.15) is 39.0 Å². The number of nitro groups is 1. The smallest absolute Gasteiger partial charge is 0.288 e. The molecule has 6 nitrogen and oxygen atoms in total. The van der Waals surface area contributed by atoms with Gasteiger partial charge in [0.2, 0.25) is 0 Å². The molecule has 1 fully saturated rings. The van der Waals surface area contributed by atoms with Crippen molar-refractivity contribution in [3.63, 3.8) is 0 Å². The Morgan fingerprint density at radius 3 is 2.68 bits per heavy atom. The zero-order valence-electron chi connectivity index (χ0n) is 12.9. The molecule has 2 atom stereocenters. The number of sulfone groups is 1. The van der Waals surface area contributed by atoms with Crippen molar-refractivity contribution in [1.29, 1.82) is 0 Å². The summed E-state index contributed by atoms with van der Waals surface area (Å²) in [5.41, 5.74) is 0.260. The van der Waals surface area contributed by atoms with Crippen LogP contribution < -0.4 is 5.32 Å². The van der Waals surface area contributed by atoms with Gasteiger partial charge >= 0.3 is 0 Å². The zero-order chi connectivity index (χ0) is 16.3. The second-order valence-corrected chi connectivity index (χ2v) is 7.98. The number of nitro benzene ring substituents is 1. The van der Waals surface area contributed by atoms with Gasteiger partial charge in [0.05, 0.1) is 4.92 Å². The van der Waals surface area contributed by atoms with Crippen molar-refractivity contribution in [1.82, 2.24) is 0 Å². The van der Waals surface area contributed by atoms with Gasteiger partial charge in [-0.05, 0) is 30.9 Å². The third-order valence-electron chi connectivity index (χ3n) is 4.29. The topological polar surface area (TPSA) is 89.3 Å². The summed E-state index contributed by atoms with van der Waals surface area (Å²) in [5.74, 6) is 0.693. The molecule has 1 N–H and O–H groups in total. The summed E-state index contributed by atoms with van der Waals surface area (Å²) in [6, 6.07) is 4.53. The van der Waals surface area contributed by atoms with Crippen LogP contribution in [0.5, 0.6) is 0 Å². The van der Waals surface area contributed by atoms with Crippen LogP contribution in [0, 0.1) is 16.0 Å². The van der Waals surface area contributed by atoms with Crippen molar-refractivity contribution < 1.29 is 13.3 Å². The Hall–Kier alpha value is -1.63. The van der Waals surface area contributed by atoms with Crippen molar-refractivity contribution in [2.24, 2.45) is 5.92 Å². The van der Waals surface area contributed by atoms with E-state index in [1.807, 2.05) is 0 Å². The molecule has 7 heteroatoms. The van der Waals surface area contributed by atoms with E-state index in [0.717, 1.165) is 31.9 Å². The minimum Gasteiger partial charge on any atom is -0.382 e. The molecular formula is C15H22N2O4S. The summed E-state index contributed by atoms with van der Waals surface area (Å²) in [6.45, 7) is 2.18. The second-order valence-electron chi connectivity index (χ2n) is 5.99. The van der Waals surface area contributed by atoms with E-state index < -0.39 is 14.8 Å². The lowest BCUT2D eigenvalue weighted by atomic mass is 9.84. The molecule has 0 bridgehead atoms. The number of hydrogen-bond acceptors (Lipinski definition) is 5. The fourth-order valence-electron chi connectivity index (χ4n) is 3.08. The highest BCUT2D eigenvalue weighted by Gasteiger charge is 2.24. The molecule has 122 valence electrons. The summed E-state index contributed by atoms with van der Waals surface area (Å²) < 4.78 is 23.5. The molecule has 1 aliphatic rings. The highest BCUT2D eigenvalue weighted by molar-refractivity contribution is 7.90. The first-order valence-corrected chi connectivity index (χ1v) is 9.45. The molecule has 2 rings (SSSR count). The van der Waals surface area contributed by atoms with Gasteiger partial charge in [-0.25, -0.2) is 8.42 Å². The highest BCUT2D eigenvalue weighted by atomic mass is 32.2. The maximum atomic E-state index is 11.8. The van der Waals surface area contributed by atoms with Gasteiger partial charge < -0.3 is 5.32 Å². The Kier molecular flexibility index (Phi) is 5.05. The monoisotopic (exact) mass is 326 g/mol. The van der Waals surface area contributed by atoms with E-state index in [1.165, 1.54) is 18.6 Å². The van der Waals surface area contributed by atoms with Crippen LogP contribution in [0.4, 0.5) is 11.4 Å². The Labute approximate surface area is 131 Å². The van der Waals surface area contributed by atoms with Crippen molar-refractivity contribution >= 4 is 21.2 Å². The van der Waals surface area contributed by atoms with Crippen molar-refractivity contribution in [2.45, 2.75) is 50.0 Å². The summed E-state index contributed by atoms with van der Waals surface area (Å²) in [7, 11) is -3.64. The maximum absolute atomic E-state index is 11.8. The van der Waals surface area contributed by atoms with Crippen molar-refractivity contribution in [3.05, 3.63) is 28.3 Å². The normalized spacial score (nSPS) is 22.3. The summed E-state index contributed by atoms with van der Waals surface area (Å²) in [6.07, 6.45) is 6.63. The SMILES string of the molecule is CCC1CCCC(Nc2ccc([N+](=O)[O-])c(S(C)(=O)=O)c2)C1. The first kappa shape index (κ1) is 16.7. The minimum absolute atomic E-state index is 0.231. The average Bonchev–Trinajstić information content (AvgIpc) is 2.46. The van der Waals surface area contributed by atoms with E-state index in [4.69, 9.17) is 0 Å². The number of rotatable bonds is 5. The third kappa shape index (κ3) is 3.97. The van der Waals surface area contributed by atoms with Gasteiger partial charge in [0.15, 0.2) is 9.84 Å². The lowest BCUT2D eigenvalue weighted by Gasteiger charge is -2.29. The summed E-state index contributed by atoms with van der Waals surface area (Å²) >= 11 is 0. The predicted octanol–water partition coefficient (Wildman–Crippen LogP) is 3.38. The average molecular weight is 326 g/mol. The number of hydrogen-bond donors (Lipinski definition) is 1. The van der Waals surface area contributed by atoms with Gasteiger partial charge in [0, 0.05) is 24.1 Å². The molecule has 1 aromatic carbocycles. The van der Waals surface area contributed by atoms with Gasteiger partial charge in [0.1, 0.15) is 4.90 Å². The van der Waals surface area contributed by atoms with E-state index in [0.29, 0.717) is 17.6 Å². The van der Waals surface area contributed by atoms with Gasteiger partial charge in [-0.2, -0.15) is 0 Å². The quantitative estimate of drug-likeness (QED) is 0.662. The Morgan fingerprint density at radius 1 is 1.36 bits per heavy atom. The maximum Gasteiger partial charge on any atom is 0.288 e. The molecule has 0 aliphatic heterocycles. The number of benzene rings is 1. The molecule has 1 saturated carbocycles. The number of anilines is 1. The highest BCUT2D eigenvalue weighted by Crippen LogP contribution is 2.31. The lowest BCUT2D eigenvalue weighted by molar-refractivity contribution is -0.387.